The third kappa shape index (κ3) is 4.13. The number of hydrogen-bond acceptors (Lipinski definition) is 4. The van der Waals surface area contributed by atoms with Crippen LogP contribution in [0.3, 0.4) is 0 Å². The Hall–Kier alpha value is -2.24. The first-order chi connectivity index (χ1) is 10.4. The molecule has 1 aliphatic heterocycles. The summed E-state index contributed by atoms with van der Waals surface area (Å²) in [5.74, 6) is 0.186. The molecule has 6 nitrogen and oxygen atoms in total. The van der Waals surface area contributed by atoms with Gasteiger partial charge in [-0.15, -0.1) is 0 Å². The van der Waals surface area contributed by atoms with Crippen LogP contribution in [-0.4, -0.2) is 35.7 Å². The van der Waals surface area contributed by atoms with E-state index in [1.54, 1.807) is 19.1 Å². The summed E-state index contributed by atoms with van der Waals surface area (Å²) in [5.41, 5.74) is 0.0621. The number of carbonyl (C=O) groups is 2. The predicted octanol–water partition coefficient (Wildman–Crippen LogP) is 1.76. The Kier molecular flexibility index (Phi) is 4.90. The van der Waals surface area contributed by atoms with Gasteiger partial charge in [0.25, 0.3) is 0 Å². The number of ether oxygens (including phenoxy) is 2. The first-order valence-corrected chi connectivity index (χ1v) is 7.33. The highest BCUT2D eigenvalue weighted by Gasteiger charge is 2.27. The largest absolute Gasteiger partial charge is 0.486 e. The molecular weight excluding hydrogens is 286 g/mol. The van der Waals surface area contributed by atoms with Crippen molar-refractivity contribution >= 4 is 11.9 Å². The molecule has 6 heteroatoms. The molecule has 1 atom stereocenters. The zero-order valence-electron chi connectivity index (χ0n) is 12.8. The summed E-state index contributed by atoms with van der Waals surface area (Å²) in [5, 5.41) is 11.7. The van der Waals surface area contributed by atoms with E-state index < -0.39 is 11.5 Å². The maximum atomic E-state index is 12.2. The van der Waals surface area contributed by atoms with Crippen molar-refractivity contribution in [3.63, 3.8) is 0 Å². The molecule has 0 aromatic heterocycles. The SMILES string of the molecule is CCC(C)(CC(=O)O)NC(=O)Cc1ccc2c(c1)OCCO2. The number of fused-ring (bicyclic) bond motifs is 1. The van der Waals surface area contributed by atoms with E-state index in [2.05, 4.69) is 5.32 Å². The van der Waals surface area contributed by atoms with Gasteiger partial charge >= 0.3 is 5.97 Å². The van der Waals surface area contributed by atoms with Crippen molar-refractivity contribution in [1.29, 1.82) is 0 Å². The summed E-state index contributed by atoms with van der Waals surface area (Å²) in [4.78, 5) is 23.1. The van der Waals surface area contributed by atoms with Crippen molar-refractivity contribution in [2.75, 3.05) is 13.2 Å². The van der Waals surface area contributed by atoms with Crippen molar-refractivity contribution in [1.82, 2.24) is 5.32 Å². The van der Waals surface area contributed by atoms with E-state index in [-0.39, 0.29) is 18.7 Å². The molecule has 1 aliphatic rings. The lowest BCUT2D eigenvalue weighted by Crippen LogP contribution is -2.47. The van der Waals surface area contributed by atoms with E-state index in [4.69, 9.17) is 14.6 Å². The number of amides is 1. The molecule has 2 rings (SSSR count). The molecule has 1 aromatic carbocycles. The second-order valence-corrected chi connectivity index (χ2v) is 5.69. The van der Waals surface area contributed by atoms with E-state index in [1.807, 2.05) is 13.0 Å². The Labute approximate surface area is 129 Å². The van der Waals surface area contributed by atoms with Gasteiger partial charge < -0.3 is 19.9 Å². The maximum absolute atomic E-state index is 12.2. The molecule has 22 heavy (non-hydrogen) atoms. The van der Waals surface area contributed by atoms with E-state index in [9.17, 15) is 9.59 Å². The van der Waals surface area contributed by atoms with Crippen LogP contribution in [0, 0.1) is 0 Å². The Bertz CT molecular complexity index is 572. The minimum atomic E-state index is -0.927. The molecule has 0 aliphatic carbocycles. The topological polar surface area (TPSA) is 84.9 Å². The summed E-state index contributed by atoms with van der Waals surface area (Å²) >= 11 is 0. The van der Waals surface area contributed by atoms with Gasteiger partial charge in [0.2, 0.25) is 5.91 Å². The molecule has 1 aromatic rings. The van der Waals surface area contributed by atoms with Crippen LogP contribution in [0.4, 0.5) is 0 Å². The molecule has 0 saturated heterocycles. The molecule has 0 bridgehead atoms. The van der Waals surface area contributed by atoms with E-state index in [0.717, 1.165) is 5.56 Å². The molecule has 0 fully saturated rings. The highest BCUT2D eigenvalue weighted by molar-refractivity contribution is 5.80. The number of benzene rings is 1. The molecule has 1 heterocycles. The lowest BCUT2D eigenvalue weighted by Gasteiger charge is -2.28. The molecule has 1 amide bonds. The predicted molar refractivity (Wildman–Crippen MR) is 80.2 cm³/mol. The summed E-state index contributed by atoms with van der Waals surface area (Å²) in [6.45, 7) is 4.61. The first-order valence-electron chi connectivity index (χ1n) is 7.33. The quantitative estimate of drug-likeness (QED) is 0.836. The molecule has 120 valence electrons. The number of carboxylic acid groups (broad SMARTS) is 1. The normalized spacial score (nSPS) is 15.7. The van der Waals surface area contributed by atoms with Crippen LogP contribution in [0.2, 0.25) is 0 Å². The molecule has 0 spiro atoms. The van der Waals surface area contributed by atoms with Crippen LogP contribution in [0.25, 0.3) is 0 Å². The van der Waals surface area contributed by atoms with Crippen LogP contribution < -0.4 is 14.8 Å². The summed E-state index contributed by atoms with van der Waals surface area (Å²) in [7, 11) is 0. The smallest absolute Gasteiger partial charge is 0.305 e. The highest BCUT2D eigenvalue weighted by Crippen LogP contribution is 2.30. The van der Waals surface area contributed by atoms with Crippen LogP contribution in [0.5, 0.6) is 11.5 Å². The summed E-state index contributed by atoms with van der Waals surface area (Å²) in [6.07, 6.45) is 0.619. The van der Waals surface area contributed by atoms with Crippen LogP contribution in [0.1, 0.15) is 32.3 Å². The van der Waals surface area contributed by atoms with Gasteiger partial charge in [0, 0.05) is 5.54 Å². The summed E-state index contributed by atoms with van der Waals surface area (Å²) in [6, 6.07) is 5.38. The highest BCUT2D eigenvalue weighted by atomic mass is 16.6. The van der Waals surface area contributed by atoms with Gasteiger partial charge in [0.1, 0.15) is 13.2 Å². The number of nitrogens with one attached hydrogen (secondary N) is 1. The molecule has 0 radical (unpaired) electrons. The third-order valence-electron chi connectivity index (χ3n) is 3.73. The Morgan fingerprint density at radius 1 is 1.27 bits per heavy atom. The van der Waals surface area contributed by atoms with Crippen molar-refractivity contribution < 1.29 is 24.2 Å². The zero-order chi connectivity index (χ0) is 16.2. The number of aliphatic carboxylic acids is 1. The van der Waals surface area contributed by atoms with Crippen LogP contribution >= 0.6 is 0 Å². The number of rotatable bonds is 6. The number of carbonyl (C=O) groups excluding carboxylic acids is 1. The minimum Gasteiger partial charge on any atom is -0.486 e. The van der Waals surface area contributed by atoms with Crippen molar-refractivity contribution in [2.24, 2.45) is 0 Å². The standard InChI is InChI=1S/C16H21NO5/c1-3-16(2,10-15(19)20)17-14(18)9-11-4-5-12-13(8-11)22-7-6-21-12/h4-5,8H,3,6-7,9-10H2,1-2H3,(H,17,18)(H,19,20). The fourth-order valence-corrected chi connectivity index (χ4v) is 2.36. The first kappa shape index (κ1) is 16.1. The van der Waals surface area contributed by atoms with Crippen LogP contribution in [0.15, 0.2) is 18.2 Å². The van der Waals surface area contributed by atoms with E-state index >= 15 is 0 Å². The van der Waals surface area contributed by atoms with Gasteiger partial charge in [-0.1, -0.05) is 13.0 Å². The Morgan fingerprint density at radius 3 is 2.59 bits per heavy atom. The lowest BCUT2D eigenvalue weighted by molar-refractivity contribution is -0.139. The van der Waals surface area contributed by atoms with Gasteiger partial charge in [0.15, 0.2) is 11.5 Å². The molecule has 1 unspecified atom stereocenters. The second kappa shape index (κ2) is 6.68. The molecule has 0 saturated carbocycles. The van der Waals surface area contributed by atoms with Crippen molar-refractivity contribution in [3.05, 3.63) is 23.8 Å². The molecular formula is C16H21NO5. The average molecular weight is 307 g/mol. The van der Waals surface area contributed by atoms with Gasteiger partial charge in [-0.2, -0.15) is 0 Å². The average Bonchev–Trinajstić information content (AvgIpc) is 2.46. The number of hydrogen-bond donors (Lipinski definition) is 2. The minimum absolute atomic E-state index is 0.101. The Morgan fingerprint density at radius 2 is 1.95 bits per heavy atom. The van der Waals surface area contributed by atoms with Crippen LogP contribution in [-0.2, 0) is 16.0 Å². The summed E-state index contributed by atoms with van der Waals surface area (Å²) < 4.78 is 10.9. The molecule has 2 N–H and O–H groups in total. The third-order valence-corrected chi connectivity index (χ3v) is 3.73. The lowest BCUT2D eigenvalue weighted by atomic mass is 9.94. The number of carboxylic acids is 1. The van der Waals surface area contributed by atoms with Gasteiger partial charge in [-0.05, 0) is 31.0 Å². The van der Waals surface area contributed by atoms with Crippen molar-refractivity contribution in [3.8, 4) is 11.5 Å². The monoisotopic (exact) mass is 307 g/mol. The van der Waals surface area contributed by atoms with E-state index in [0.29, 0.717) is 31.1 Å². The fraction of sp³-hybridized carbons (Fsp3) is 0.500. The zero-order valence-corrected chi connectivity index (χ0v) is 12.8. The van der Waals surface area contributed by atoms with Crippen molar-refractivity contribution in [2.45, 2.75) is 38.6 Å². The second-order valence-electron chi connectivity index (χ2n) is 5.69. The fourth-order valence-electron chi connectivity index (χ4n) is 2.36. The van der Waals surface area contributed by atoms with Gasteiger partial charge in [0.05, 0.1) is 12.8 Å². The van der Waals surface area contributed by atoms with E-state index in [1.165, 1.54) is 0 Å². The maximum Gasteiger partial charge on any atom is 0.305 e. The van der Waals surface area contributed by atoms with Gasteiger partial charge in [-0.25, -0.2) is 0 Å². The Balaban J connectivity index is 2.01. The van der Waals surface area contributed by atoms with Gasteiger partial charge in [-0.3, -0.25) is 9.59 Å².